The lowest BCUT2D eigenvalue weighted by atomic mass is 9.99. The van der Waals surface area contributed by atoms with E-state index >= 15 is 0 Å². The monoisotopic (exact) mass is 202 g/mol. The Kier molecular flexibility index (Phi) is 7.48. The molecule has 0 saturated carbocycles. The molecular formula is C11H22O3. The third-order valence-corrected chi connectivity index (χ3v) is 2.50. The maximum absolute atomic E-state index is 11.1. The predicted molar refractivity (Wildman–Crippen MR) is 55.9 cm³/mol. The fourth-order valence-corrected chi connectivity index (χ4v) is 1.37. The van der Waals surface area contributed by atoms with E-state index in [4.69, 9.17) is 0 Å². The Balaban J connectivity index is 3.61. The summed E-state index contributed by atoms with van der Waals surface area (Å²) in [6, 6.07) is 0. The highest BCUT2D eigenvalue weighted by Gasteiger charge is 2.21. The zero-order valence-electron chi connectivity index (χ0n) is 9.45. The van der Waals surface area contributed by atoms with Crippen molar-refractivity contribution in [3.05, 3.63) is 0 Å². The van der Waals surface area contributed by atoms with Gasteiger partial charge in [0.1, 0.15) is 0 Å². The van der Waals surface area contributed by atoms with Crippen molar-refractivity contribution in [2.24, 2.45) is 5.92 Å². The zero-order valence-corrected chi connectivity index (χ0v) is 9.45. The third-order valence-electron chi connectivity index (χ3n) is 2.50. The van der Waals surface area contributed by atoms with Crippen molar-refractivity contribution in [1.29, 1.82) is 0 Å². The lowest BCUT2D eigenvalue weighted by molar-refractivity contribution is -0.148. The number of rotatable bonds is 7. The summed E-state index contributed by atoms with van der Waals surface area (Å²) >= 11 is 0. The number of methoxy groups -OCH3 is 1. The van der Waals surface area contributed by atoms with Crippen LogP contribution in [0.5, 0.6) is 0 Å². The Morgan fingerprint density at radius 3 is 2.50 bits per heavy atom. The predicted octanol–water partition coefficient (Wildman–Crippen LogP) is 2.13. The van der Waals surface area contributed by atoms with Gasteiger partial charge in [-0.2, -0.15) is 0 Å². The topological polar surface area (TPSA) is 46.5 Å². The van der Waals surface area contributed by atoms with Crippen LogP contribution in [0, 0.1) is 5.92 Å². The first-order valence-electron chi connectivity index (χ1n) is 5.39. The average Bonchev–Trinajstić information content (AvgIpc) is 2.21. The standard InChI is InChI=1S/C11H22O3/c1-4-5-6-7-8-10(12)9(2)11(13)14-3/h9-10,12H,4-8H2,1-3H3. The second-order valence-electron chi connectivity index (χ2n) is 3.73. The maximum Gasteiger partial charge on any atom is 0.311 e. The highest BCUT2D eigenvalue weighted by Crippen LogP contribution is 2.13. The first-order chi connectivity index (χ1) is 6.63. The fraction of sp³-hybridized carbons (Fsp3) is 0.909. The van der Waals surface area contributed by atoms with Gasteiger partial charge in [-0.25, -0.2) is 0 Å². The van der Waals surface area contributed by atoms with E-state index in [9.17, 15) is 9.90 Å². The number of unbranched alkanes of at least 4 members (excludes halogenated alkanes) is 3. The van der Waals surface area contributed by atoms with Gasteiger partial charge in [0, 0.05) is 0 Å². The van der Waals surface area contributed by atoms with E-state index in [1.54, 1.807) is 6.92 Å². The van der Waals surface area contributed by atoms with Crippen LogP contribution >= 0.6 is 0 Å². The minimum atomic E-state index is -0.556. The first-order valence-corrected chi connectivity index (χ1v) is 5.39. The van der Waals surface area contributed by atoms with E-state index in [1.807, 2.05) is 0 Å². The SMILES string of the molecule is CCCCCCC(O)C(C)C(=O)OC. The van der Waals surface area contributed by atoms with E-state index in [0.717, 1.165) is 12.8 Å². The van der Waals surface area contributed by atoms with E-state index in [0.29, 0.717) is 6.42 Å². The molecule has 0 fully saturated rings. The third kappa shape index (κ3) is 5.22. The normalized spacial score (nSPS) is 14.9. The van der Waals surface area contributed by atoms with E-state index < -0.39 is 12.0 Å². The molecule has 0 radical (unpaired) electrons. The minimum absolute atomic E-state index is 0.326. The van der Waals surface area contributed by atoms with E-state index in [2.05, 4.69) is 11.7 Å². The molecule has 0 spiro atoms. The van der Waals surface area contributed by atoms with Gasteiger partial charge in [0.15, 0.2) is 0 Å². The van der Waals surface area contributed by atoms with Crippen molar-refractivity contribution in [2.45, 2.75) is 52.1 Å². The van der Waals surface area contributed by atoms with Gasteiger partial charge >= 0.3 is 5.97 Å². The molecule has 84 valence electrons. The Hall–Kier alpha value is -0.570. The highest BCUT2D eigenvalue weighted by atomic mass is 16.5. The number of hydrogen-bond acceptors (Lipinski definition) is 3. The van der Waals surface area contributed by atoms with Crippen molar-refractivity contribution in [3.8, 4) is 0 Å². The van der Waals surface area contributed by atoms with Crippen LogP contribution in [0.1, 0.15) is 46.0 Å². The van der Waals surface area contributed by atoms with Crippen LogP contribution < -0.4 is 0 Å². The Bertz CT molecular complexity index is 157. The van der Waals surface area contributed by atoms with Crippen LogP contribution in [0.15, 0.2) is 0 Å². The summed E-state index contributed by atoms with van der Waals surface area (Å²) < 4.78 is 4.56. The second-order valence-corrected chi connectivity index (χ2v) is 3.73. The number of carbonyl (C=O) groups is 1. The van der Waals surface area contributed by atoms with Gasteiger partial charge in [-0.1, -0.05) is 32.6 Å². The molecule has 0 amide bonds. The molecule has 1 N–H and O–H groups in total. The van der Waals surface area contributed by atoms with Gasteiger partial charge in [-0.05, 0) is 13.3 Å². The largest absolute Gasteiger partial charge is 0.469 e. The van der Waals surface area contributed by atoms with Gasteiger partial charge < -0.3 is 9.84 Å². The van der Waals surface area contributed by atoms with Crippen molar-refractivity contribution < 1.29 is 14.6 Å². The Labute approximate surface area is 86.5 Å². The van der Waals surface area contributed by atoms with Gasteiger partial charge in [-0.15, -0.1) is 0 Å². The summed E-state index contributed by atoms with van der Waals surface area (Å²) in [6.45, 7) is 3.85. The summed E-state index contributed by atoms with van der Waals surface area (Å²) in [5.41, 5.74) is 0. The van der Waals surface area contributed by atoms with Crippen LogP contribution in [-0.4, -0.2) is 24.3 Å². The molecule has 0 bridgehead atoms. The molecule has 2 atom stereocenters. The number of aliphatic hydroxyl groups excluding tert-OH is 1. The van der Waals surface area contributed by atoms with Crippen LogP contribution in [0.4, 0.5) is 0 Å². The summed E-state index contributed by atoms with van der Waals surface area (Å²) in [4.78, 5) is 11.1. The summed E-state index contributed by atoms with van der Waals surface area (Å²) in [7, 11) is 1.35. The fourth-order valence-electron chi connectivity index (χ4n) is 1.37. The van der Waals surface area contributed by atoms with Crippen molar-refractivity contribution >= 4 is 5.97 Å². The summed E-state index contributed by atoms with van der Waals surface area (Å²) in [5, 5.41) is 9.62. The van der Waals surface area contributed by atoms with Crippen LogP contribution in [-0.2, 0) is 9.53 Å². The zero-order chi connectivity index (χ0) is 11.0. The molecule has 14 heavy (non-hydrogen) atoms. The number of aliphatic hydroxyl groups is 1. The van der Waals surface area contributed by atoms with Crippen molar-refractivity contribution in [1.82, 2.24) is 0 Å². The van der Waals surface area contributed by atoms with Gasteiger partial charge in [0.25, 0.3) is 0 Å². The van der Waals surface area contributed by atoms with E-state index in [-0.39, 0.29) is 5.97 Å². The number of hydrogen-bond donors (Lipinski definition) is 1. The molecule has 0 aliphatic heterocycles. The number of esters is 1. The van der Waals surface area contributed by atoms with Crippen LogP contribution in [0.2, 0.25) is 0 Å². The molecule has 2 unspecified atom stereocenters. The summed E-state index contributed by atoms with van der Waals surface area (Å²) in [6.07, 6.45) is 4.62. The Morgan fingerprint density at radius 2 is 2.00 bits per heavy atom. The van der Waals surface area contributed by atoms with E-state index in [1.165, 1.54) is 20.0 Å². The molecule has 0 aliphatic rings. The van der Waals surface area contributed by atoms with Crippen LogP contribution in [0.3, 0.4) is 0 Å². The molecule has 0 saturated heterocycles. The van der Waals surface area contributed by atoms with Crippen molar-refractivity contribution in [3.63, 3.8) is 0 Å². The molecule has 0 rings (SSSR count). The second kappa shape index (κ2) is 7.80. The number of ether oxygens (including phenoxy) is 1. The molecule has 3 nitrogen and oxygen atoms in total. The summed E-state index contributed by atoms with van der Waals surface area (Å²) in [5.74, 6) is -0.727. The lowest BCUT2D eigenvalue weighted by Gasteiger charge is -2.16. The highest BCUT2D eigenvalue weighted by molar-refractivity contribution is 5.72. The molecular weight excluding hydrogens is 180 g/mol. The molecule has 0 aliphatic carbocycles. The molecule has 3 heteroatoms. The van der Waals surface area contributed by atoms with Crippen molar-refractivity contribution in [2.75, 3.05) is 7.11 Å². The molecule has 0 heterocycles. The molecule has 0 aromatic heterocycles. The van der Waals surface area contributed by atoms with Gasteiger partial charge in [0.05, 0.1) is 19.1 Å². The lowest BCUT2D eigenvalue weighted by Crippen LogP contribution is -2.26. The quantitative estimate of drug-likeness (QED) is 0.508. The minimum Gasteiger partial charge on any atom is -0.469 e. The average molecular weight is 202 g/mol. The van der Waals surface area contributed by atoms with Gasteiger partial charge in [0.2, 0.25) is 0 Å². The molecule has 0 aromatic rings. The Morgan fingerprint density at radius 1 is 1.36 bits per heavy atom. The molecule has 0 aromatic carbocycles. The number of carbonyl (C=O) groups excluding carboxylic acids is 1. The van der Waals surface area contributed by atoms with Gasteiger partial charge in [-0.3, -0.25) is 4.79 Å². The first kappa shape index (κ1) is 13.4. The smallest absolute Gasteiger partial charge is 0.311 e. The van der Waals surface area contributed by atoms with Crippen LogP contribution in [0.25, 0.3) is 0 Å². The maximum atomic E-state index is 11.1.